The van der Waals surface area contributed by atoms with Crippen molar-refractivity contribution in [3.63, 3.8) is 0 Å². The summed E-state index contributed by atoms with van der Waals surface area (Å²) in [4.78, 5) is 22.1. The summed E-state index contributed by atoms with van der Waals surface area (Å²) < 4.78 is 89.8. The molecule has 9 rings (SSSR count). The van der Waals surface area contributed by atoms with Gasteiger partial charge in [-0.15, -0.1) is 11.8 Å². The number of rotatable bonds is 20. The Balaban J connectivity index is 0.950. The third-order valence-electron chi connectivity index (χ3n) is 15.7. The van der Waals surface area contributed by atoms with Crippen LogP contribution in [0.5, 0.6) is 5.75 Å². The van der Waals surface area contributed by atoms with E-state index in [-0.39, 0.29) is 40.5 Å². The molecule has 1 aliphatic carbocycles. The second kappa shape index (κ2) is 26.9. The van der Waals surface area contributed by atoms with E-state index >= 15 is 0 Å². The number of thioether (sulfide) groups is 1. The molecule has 0 aromatic heterocycles. The summed E-state index contributed by atoms with van der Waals surface area (Å²) in [5, 5.41) is 31.8. The third-order valence-corrected chi connectivity index (χ3v) is 19.8. The van der Waals surface area contributed by atoms with Gasteiger partial charge in [0.25, 0.3) is 15.7 Å². The fourth-order valence-electron chi connectivity index (χ4n) is 10.9. The maximum Gasteiger partial charge on any atom is 0.501 e. The van der Waals surface area contributed by atoms with Crippen LogP contribution in [0, 0.1) is 11.3 Å². The fourth-order valence-corrected chi connectivity index (χ4v) is 14.2. The lowest BCUT2D eigenvalue weighted by atomic mass is 9.73. The van der Waals surface area contributed by atoms with Crippen LogP contribution in [-0.4, -0.2) is 151 Å². The minimum atomic E-state index is -5.86. The Morgan fingerprint density at radius 3 is 2.21 bits per heavy atom. The zero-order valence-corrected chi connectivity index (χ0v) is 49.1. The number of anilines is 1. The highest BCUT2D eigenvalue weighted by Crippen LogP contribution is 2.43. The molecule has 13 nitrogen and oxygen atoms in total. The zero-order chi connectivity index (χ0) is 57.5. The smallest absolute Gasteiger partial charge is 0.462 e. The van der Waals surface area contributed by atoms with Crippen LogP contribution >= 0.6 is 35.3 Å². The molecule has 5 aromatic carbocycles. The van der Waals surface area contributed by atoms with Crippen LogP contribution in [0.4, 0.5) is 18.9 Å². The number of morpholine rings is 1. The lowest BCUT2D eigenvalue weighted by molar-refractivity contribution is -0.268. The molecule has 3 aliphatic heterocycles. The second-order valence-electron chi connectivity index (χ2n) is 22.3. The predicted octanol–water partition coefficient (Wildman–Crippen LogP) is 10.6. The standard InChI is InChI=1S/C61H72ClF3N4O9S3/c1-41-55(70)56(71)57(72)59(77-41)78-50-20-9-42(10-21-50)38-69(58(73)45-13-18-49(19-14-45)68-29-27-67(28-30-68)39-47-37-60(2,3)25-23-53(47)44-11-16-48(62)17-12-44)80-52-22-15-46(54(36-52)81(74,75)61(63,64)65)35-43(24-26-66-31-33-76-34-32-66)40-79-51-7-5-4-6-8-51/h4-22,36,41,43,55-57,59,70-72H,23-35,37-40H2,1-3H3/t41-,43-,55+,56+,57-,59-/m0/s1. The summed E-state index contributed by atoms with van der Waals surface area (Å²) in [6.07, 6.45) is -2.64. The summed E-state index contributed by atoms with van der Waals surface area (Å²) in [5.74, 6) is 0.132. The zero-order valence-electron chi connectivity index (χ0n) is 45.8. The van der Waals surface area contributed by atoms with Gasteiger partial charge in [0, 0.05) is 77.6 Å². The normalized spacial score (nSPS) is 22.6. The maximum absolute atomic E-state index is 14.8. The van der Waals surface area contributed by atoms with Crippen molar-refractivity contribution >= 4 is 62.3 Å². The van der Waals surface area contributed by atoms with Gasteiger partial charge in [-0.1, -0.05) is 79.6 Å². The molecule has 6 atom stereocenters. The number of alkyl halides is 3. The summed E-state index contributed by atoms with van der Waals surface area (Å²) in [5.41, 5.74) is 0.593. The lowest BCUT2D eigenvalue weighted by Crippen LogP contribution is -2.58. The van der Waals surface area contributed by atoms with E-state index in [0.29, 0.717) is 43.1 Å². The van der Waals surface area contributed by atoms with Crippen molar-refractivity contribution in [2.24, 2.45) is 11.3 Å². The summed E-state index contributed by atoms with van der Waals surface area (Å²) in [6, 6.07) is 35.6. The van der Waals surface area contributed by atoms with E-state index in [0.717, 1.165) is 98.7 Å². The first-order valence-corrected chi connectivity index (χ1v) is 31.2. The van der Waals surface area contributed by atoms with Crippen LogP contribution in [0.3, 0.4) is 0 Å². The van der Waals surface area contributed by atoms with Crippen molar-refractivity contribution in [1.29, 1.82) is 0 Å². The van der Waals surface area contributed by atoms with E-state index in [2.05, 4.69) is 40.7 Å². The maximum atomic E-state index is 14.8. The van der Waals surface area contributed by atoms with Crippen LogP contribution in [0.25, 0.3) is 5.57 Å². The molecule has 3 heterocycles. The van der Waals surface area contributed by atoms with Gasteiger partial charge in [-0.25, -0.2) is 8.42 Å². The number of amides is 1. The number of ether oxygens (including phenoxy) is 3. The van der Waals surface area contributed by atoms with E-state index in [1.807, 2.05) is 54.6 Å². The van der Waals surface area contributed by atoms with Crippen molar-refractivity contribution in [3.8, 4) is 5.75 Å². The number of allylic oxidation sites excluding steroid dienone is 1. The lowest BCUT2D eigenvalue weighted by Gasteiger charge is -2.39. The van der Waals surface area contributed by atoms with Gasteiger partial charge in [0.1, 0.15) is 24.1 Å². The number of aliphatic hydroxyl groups is 3. The van der Waals surface area contributed by atoms with Crippen LogP contribution in [0.1, 0.15) is 73.5 Å². The molecule has 0 spiro atoms. The van der Waals surface area contributed by atoms with Gasteiger partial charge in [0.05, 0.1) is 30.8 Å². The molecule has 0 saturated carbocycles. The van der Waals surface area contributed by atoms with Crippen molar-refractivity contribution < 1.29 is 55.9 Å². The number of aliphatic hydroxyl groups excluding tert-OH is 3. The van der Waals surface area contributed by atoms with Gasteiger partial charge >= 0.3 is 5.51 Å². The van der Waals surface area contributed by atoms with Crippen molar-refractivity contribution in [3.05, 3.63) is 154 Å². The van der Waals surface area contributed by atoms with Gasteiger partial charge in [-0.2, -0.15) is 13.2 Å². The minimum Gasteiger partial charge on any atom is -0.462 e. The molecule has 3 N–H and O–H groups in total. The van der Waals surface area contributed by atoms with Gasteiger partial charge < -0.3 is 34.4 Å². The van der Waals surface area contributed by atoms with E-state index in [1.54, 1.807) is 61.2 Å². The van der Waals surface area contributed by atoms with Crippen LogP contribution < -0.4 is 9.64 Å². The monoisotopic (exact) mass is 1190 g/mol. The highest BCUT2D eigenvalue weighted by atomic mass is 35.5. The number of carbonyl (C=O) groups is 1. The molecular weight excluding hydrogens is 1120 g/mol. The van der Waals surface area contributed by atoms with E-state index < -0.39 is 56.9 Å². The first-order chi connectivity index (χ1) is 38.7. The van der Waals surface area contributed by atoms with E-state index in [1.165, 1.54) is 27.1 Å². The van der Waals surface area contributed by atoms with Gasteiger partial charge in [0.2, 0.25) is 6.29 Å². The Morgan fingerprint density at radius 1 is 0.840 bits per heavy atom. The summed E-state index contributed by atoms with van der Waals surface area (Å²) in [7, 11) is -5.86. The van der Waals surface area contributed by atoms with Crippen LogP contribution in [-0.2, 0) is 32.3 Å². The number of benzene rings is 5. The SMILES string of the molecule is C[C@@H]1O[C@@H](Oc2ccc(CN(Sc3ccc(C[C@H](CCN4CCOCC4)CSc4ccccc4)c(S(=O)(=O)C(F)(F)F)c3)C(=O)c3ccc(N4CCN(CC5=C(c6ccc(Cl)cc6)CCC(C)(C)C5)CC4)cc3)cc2)[C@@H](O)[C@H](O)[C@@H]1O. The number of piperazine rings is 1. The van der Waals surface area contributed by atoms with Gasteiger partial charge in [-0.3, -0.25) is 18.9 Å². The molecule has 0 radical (unpaired) electrons. The Bertz CT molecular complexity index is 3040. The second-order valence-corrected chi connectivity index (χ2v) is 26.8. The molecule has 1 amide bonds. The number of sulfone groups is 1. The largest absolute Gasteiger partial charge is 0.501 e. The topological polar surface area (TPSA) is 153 Å². The summed E-state index contributed by atoms with van der Waals surface area (Å²) in [6.45, 7) is 13.6. The number of hydrogen-bond acceptors (Lipinski definition) is 14. The van der Waals surface area contributed by atoms with E-state index in [4.69, 9.17) is 25.8 Å². The highest BCUT2D eigenvalue weighted by molar-refractivity contribution is 7.99. The molecule has 4 aliphatic rings. The van der Waals surface area contributed by atoms with Crippen molar-refractivity contribution in [2.45, 2.75) is 110 Å². The van der Waals surface area contributed by atoms with Crippen molar-refractivity contribution in [2.75, 3.05) is 76.2 Å². The molecule has 20 heteroatoms. The number of nitrogens with zero attached hydrogens (tertiary/aromatic N) is 4. The molecule has 3 fully saturated rings. The first kappa shape index (κ1) is 60.9. The minimum absolute atomic E-state index is 0.0448. The Hall–Kier alpha value is -4.64. The highest BCUT2D eigenvalue weighted by Gasteiger charge is 2.48. The Kier molecular flexibility index (Phi) is 20.3. The Labute approximate surface area is 487 Å². The van der Waals surface area contributed by atoms with Crippen LogP contribution in [0.2, 0.25) is 5.02 Å². The molecule has 0 unspecified atom stereocenters. The van der Waals surface area contributed by atoms with E-state index in [9.17, 15) is 41.7 Å². The first-order valence-electron chi connectivity index (χ1n) is 27.6. The van der Waals surface area contributed by atoms with Crippen molar-refractivity contribution in [1.82, 2.24) is 14.1 Å². The van der Waals surface area contributed by atoms with Crippen LogP contribution in [0.15, 0.2) is 142 Å². The summed E-state index contributed by atoms with van der Waals surface area (Å²) >= 11 is 8.67. The molecular formula is C61H72ClF3N4O9S3. The molecule has 81 heavy (non-hydrogen) atoms. The Morgan fingerprint density at radius 2 is 1.53 bits per heavy atom. The molecule has 0 bridgehead atoms. The number of halogens is 4. The van der Waals surface area contributed by atoms with Gasteiger partial charge in [-0.05, 0) is 164 Å². The average Bonchev–Trinajstić information content (AvgIpc) is 3.66. The predicted molar refractivity (Wildman–Crippen MR) is 312 cm³/mol. The fraction of sp³-hybridized carbons (Fsp3) is 0.459. The molecule has 5 aromatic rings. The number of hydrogen-bond donors (Lipinski definition) is 3. The quantitative estimate of drug-likeness (QED) is 0.0501. The molecule has 436 valence electrons. The third kappa shape index (κ3) is 15.8. The molecule has 3 saturated heterocycles. The number of carbonyl (C=O) groups excluding carboxylic acids is 1. The van der Waals surface area contributed by atoms with Gasteiger partial charge in [0.15, 0.2) is 0 Å². The average molecular weight is 1190 g/mol.